The molecule has 2 heterocycles. The van der Waals surface area contributed by atoms with E-state index in [4.69, 9.17) is 10.5 Å². The summed E-state index contributed by atoms with van der Waals surface area (Å²) in [4.78, 5) is 25.7. The van der Waals surface area contributed by atoms with Crippen molar-refractivity contribution in [2.45, 2.75) is 31.3 Å². The number of nitrogen functional groups attached to an aromatic ring is 1. The standard InChI is InChI=1S/C22H26N4O6S/c1-33(30,31)24-16-3-5-21-17(13-16)20(27)14-22(32-21)7-10-25(11-8-22)9-6-15-2-4-18(23)19(12-15)26(28)29/h2-5,12-13,24H,6-11,14,23H2,1H3. The SMILES string of the molecule is CS(=O)(=O)Nc1ccc2c(c1)C(=O)CC1(CCN(CCc3ccc(N)c([N+](=O)[O-])c3)CC1)O2. The van der Waals surface area contributed by atoms with E-state index in [1.54, 1.807) is 24.3 Å². The van der Waals surface area contributed by atoms with E-state index < -0.39 is 20.5 Å². The van der Waals surface area contributed by atoms with Crippen LogP contribution in [0, 0.1) is 10.1 Å². The van der Waals surface area contributed by atoms with Gasteiger partial charge >= 0.3 is 0 Å². The van der Waals surface area contributed by atoms with E-state index in [1.165, 1.54) is 12.1 Å². The van der Waals surface area contributed by atoms with Crippen LogP contribution in [0.2, 0.25) is 0 Å². The summed E-state index contributed by atoms with van der Waals surface area (Å²) in [7, 11) is -3.44. The Balaban J connectivity index is 1.37. The summed E-state index contributed by atoms with van der Waals surface area (Å²) >= 11 is 0. The molecule has 0 saturated carbocycles. The molecular weight excluding hydrogens is 448 g/mol. The van der Waals surface area contributed by atoms with Crippen LogP contribution in [0.4, 0.5) is 17.1 Å². The number of piperidine rings is 1. The minimum absolute atomic E-state index is 0.0592. The molecule has 11 heteroatoms. The van der Waals surface area contributed by atoms with Gasteiger partial charge in [-0.05, 0) is 36.2 Å². The van der Waals surface area contributed by atoms with Gasteiger partial charge in [0.15, 0.2) is 5.78 Å². The Morgan fingerprint density at radius 3 is 2.61 bits per heavy atom. The lowest BCUT2D eigenvalue weighted by Gasteiger charge is -2.44. The number of hydrogen-bond acceptors (Lipinski definition) is 8. The van der Waals surface area contributed by atoms with E-state index in [0.29, 0.717) is 36.3 Å². The van der Waals surface area contributed by atoms with Crippen molar-refractivity contribution in [2.75, 3.05) is 36.3 Å². The number of nitro benzene ring substituents is 1. The van der Waals surface area contributed by atoms with Crippen LogP contribution in [0.25, 0.3) is 0 Å². The number of carbonyl (C=O) groups excluding carboxylic acids is 1. The number of rotatable bonds is 6. The Morgan fingerprint density at radius 2 is 1.94 bits per heavy atom. The van der Waals surface area contributed by atoms with E-state index in [0.717, 1.165) is 31.5 Å². The quantitative estimate of drug-likeness (QED) is 0.369. The molecule has 1 spiro atoms. The fraction of sp³-hybridized carbons (Fsp3) is 0.409. The number of hydrogen-bond donors (Lipinski definition) is 2. The summed E-state index contributed by atoms with van der Waals surface area (Å²) in [6.45, 7) is 2.23. The van der Waals surface area contributed by atoms with Crippen LogP contribution in [0.1, 0.15) is 35.2 Å². The van der Waals surface area contributed by atoms with Gasteiger partial charge in [-0.15, -0.1) is 0 Å². The number of ketones is 1. The van der Waals surface area contributed by atoms with Gasteiger partial charge in [0.2, 0.25) is 10.0 Å². The van der Waals surface area contributed by atoms with E-state index in [-0.39, 0.29) is 23.6 Å². The number of ether oxygens (including phenoxy) is 1. The van der Waals surface area contributed by atoms with Crippen molar-refractivity contribution in [1.82, 2.24) is 4.90 Å². The first kappa shape index (κ1) is 23.0. The number of carbonyl (C=O) groups is 1. The fourth-order valence-electron chi connectivity index (χ4n) is 4.42. The lowest BCUT2D eigenvalue weighted by molar-refractivity contribution is -0.384. The Labute approximate surface area is 191 Å². The Morgan fingerprint density at radius 1 is 1.21 bits per heavy atom. The van der Waals surface area contributed by atoms with E-state index in [1.807, 2.05) is 0 Å². The monoisotopic (exact) mass is 474 g/mol. The van der Waals surface area contributed by atoms with Crippen molar-refractivity contribution in [1.29, 1.82) is 0 Å². The number of anilines is 2. The molecule has 0 bridgehead atoms. The van der Waals surface area contributed by atoms with Crippen LogP contribution in [0.5, 0.6) is 5.75 Å². The molecule has 33 heavy (non-hydrogen) atoms. The molecule has 2 aromatic rings. The topological polar surface area (TPSA) is 145 Å². The zero-order valence-electron chi connectivity index (χ0n) is 18.2. The second-order valence-electron chi connectivity index (χ2n) is 8.71. The molecule has 0 atom stereocenters. The number of nitrogens with zero attached hydrogens (tertiary/aromatic N) is 2. The highest BCUT2D eigenvalue weighted by Crippen LogP contribution is 2.40. The molecule has 0 amide bonds. The largest absolute Gasteiger partial charge is 0.486 e. The van der Waals surface area contributed by atoms with Crippen molar-refractivity contribution in [3.63, 3.8) is 0 Å². The number of fused-ring (bicyclic) bond motifs is 1. The molecule has 10 nitrogen and oxygen atoms in total. The maximum Gasteiger partial charge on any atom is 0.292 e. The zero-order valence-corrected chi connectivity index (χ0v) is 19.1. The maximum absolute atomic E-state index is 12.8. The third-order valence-electron chi connectivity index (χ3n) is 6.17. The van der Waals surface area contributed by atoms with Gasteiger partial charge in [-0.25, -0.2) is 8.42 Å². The summed E-state index contributed by atoms with van der Waals surface area (Å²) in [6, 6.07) is 9.64. The predicted octanol–water partition coefficient (Wildman–Crippen LogP) is 2.59. The number of likely N-dealkylation sites (tertiary alicyclic amines) is 1. The van der Waals surface area contributed by atoms with E-state index in [2.05, 4.69) is 9.62 Å². The number of benzene rings is 2. The lowest BCUT2D eigenvalue weighted by Crippen LogP contribution is -2.51. The predicted molar refractivity (Wildman–Crippen MR) is 124 cm³/mol. The van der Waals surface area contributed by atoms with Gasteiger partial charge in [-0.1, -0.05) is 6.07 Å². The lowest BCUT2D eigenvalue weighted by atomic mass is 9.82. The van der Waals surface area contributed by atoms with Gasteiger partial charge in [0.05, 0.1) is 23.2 Å². The van der Waals surface area contributed by atoms with Crippen LogP contribution in [-0.2, 0) is 16.4 Å². The summed E-state index contributed by atoms with van der Waals surface area (Å²) in [6.07, 6.45) is 3.34. The van der Waals surface area contributed by atoms with Gasteiger partial charge in [-0.2, -0.15) is 0 Å². The molecule has 3 N–H and O–H groups in total. The molecule has 0 unspecified atom stereocenters. The highest BCUT2D eigenvalue weighted by atomic mass is 32.2. The Hall–Kier alpha value is -3.18. The number of Topliss-reactive ketones (excluding diaryl/α,β-unsaturated/α-hetero) is 1. The third-order valence-corrected chi connectivity index (χ3v) is 6.77. The second-order valence-corrected chi connectivity index (χ2v) is 10.5. The van der Waals surface area contributed by atoms with Crippen molar-refractivity contribution < 1.29 is 22.9 Å². The first-order chi connectivity index (χ1) is 15.5. The average Bonchev–Trinajstić information content (AvgIpc) is 2.73. The molecular formula is C22H26N4O6S. The molecule has 2 aliphatic heterocycles. The highest BCUT2D eigenvalue weighted by Gasteiger charge is 2.42. The molecule has 2 aliphatic rings. The molecule has 176 valence electrons. The van der Waals surface area contributed by atoms with Crippen molar-refractivity contribution in [3.05, 3.63) is 57.6 Å². The summed E-state index contributed by atoms with van der Waals surface area (Å²) in [5.74, 6) is 0.420. The number of sulfonamides is 1. The summed E-state index contributed by atoms with van der Waals surface area (Å²) in [5, 5.41) is 11.1. The Kier molecular flexibility index (Phi) is 6.02. The summed E-state index contributed by atoms with van der Waals surface area (Å²) in [5.41, 5.74) is 6.76. The van der Waals surface area contributed by atoms with E-state index >= 15 is 0 Å². The van der Waals surface area contributed by atoms with Gasteiger partial charge < -0.3 is 15.4 Å². The first-order valence-corrected chi connectivity index (χ1v) is 12.5. The average molecular weight is 475 g/mol. The highest BCUT2D eigenvalue weighted by molar-refractivity contribution is 7.92. The molecule has 0 radical (unpaired) electrons. The van der Waals surface area contributed by atoms with Crippen LogP contribution in [0.3, 0.4) is 0 Å². The molecule has 1 fully saturated rings. The molecule has 4 rings (SSSR count). The van der Waals surface area contributed by atoms with Crippen molar-refractivity contribution >= 4 is 32.9 Å². The van der Waals surface area contributed by atoms with Crippen molar-refractivity contribution in [2.24, 2.45) is 0 Å². The Bertz CT molecular complexity index is 1210. The normalized spacial score (nSPS) is 17.9. The number of nitro groups is 1. The van der Waals surface area contributed by atoms with Crippen LogP contribution in [-0.4, -0.2) is 55.5 Å². The third kappa shape index (κ3) is 5.25. The number of nitrogens with two attached hydrogens (primary N) is 1. The molecule has 1 saturated heterocycles. The first-order valence-electron chi connectivity index (χ1n) is 10.6. The van der Waals surface area contributed by atoms with E-state index in [9.17, 15) is 23.3 Å². The minimum Gasteiger partial charge on any atom is -0.486 e. The summed E-state index contributed by atoms with van der Waals surface area (Å²) < 4.78 is 31.6. The maximum atomic E-state index is 12.8. The van der Waals surface area contributed by atoms with Gasteiger partial charge in [-0.3, -0.25) is 19.6 Å². The van der Waals surface area contributed by atoms with Crippen LogP contribution < -0.4 is 15.2 Å². The van der Waals surface area contributed by atoms with Crippen LogP contribution >= 0.6 is 0 Å². The smallest absolute Gasteiger partial charge is 0.292 e. The molecule has 0 aliphatic carbocycles. The van der Waals surface area contributed by atoms with Crippen LogP contribution in [0.15, 0.2) is 36.4 Å². The van der Waals surface area contributed by atoms with Gasteiger partial charge in [0.25, 0.3) is 5.69 Å². The zero-order chi connectivity index (χ0) is 23.8. The number of nitrogens with one attached hydrogen (secondary N) is 1. The van der Waals surface area contributed by atoms with Gasteiger partial charge in [0.1, 0.15) is 17.0 Å². The molecule has 0 aromatic heterocycles. The fourth-order valence-corrected chi connectivity index (χ4v) is 4.98. The van der Waals surface area contributed by atoms with Crippen molar-refractivity contribution in [3.8, 4) is 5.75 Å². The minimum atomic E-state index is -3.44. The second kappa shape index (κ2) is 8.64. The van der Waals surface area contributed by atoms with Gasteiger partial charge in [0, 0.05) is 44.2 Å². The molecule has 2 aromatic carbocycles.